The number of carbonyl (C=O) groups is 1. The third-order valence-corrected chi connectivity index (χ3v) is 4.69. The van der Waals surface area contributed by atoms with Gasteiger partial charge in [-0.2, -0.15) is 0 Å². The monoisotopic (exact) mass is 339 g/mol. The average molecular weight is 339 g/mol. The maximum atomic E-state index is 11.3. The zero-order valence-electron chi connectivity index (χ0n) is 13.4. The molecule has 24 heavy (non-hydrogen) atoms. The molecule has 0 unspecified atom stereocenters. The molecule has 4 nitrogen and oxygen atoms in total. The third kappa shape index (κ3) is 3.46. The fourth-order valence-electron chi connectivity index (χ4n) is 2.36. The lowest BCUT2D eigenvalue weighted by Crippen LogP contribution is -1.97. The van der Waals surface area contributed by atoms with Crippen molar-refractivity contribution in [2.75, 3.05) is 0 Å². The van der Waals surface area contributed by atoms with Gasteiger partial charge in [0.15, 0.2) is 0 Å². The van der Waals surface area contributed by atoms with Crippen molar-refractivity contribution in [1.82, 2.24) is 4.98 Å². The Morgan fingerprint density at radius 2 is 1.92 bits per heavy atom. The van der Waals surface area contributed by atoms with E-state index in [2.05, 4.69) is 4.98 Å². The zero-order chi connectivity index (χ0) is 17.1. The summed E-state index contributed by atoms with van der Waals surface area (Å²) in [5.74, 6) is 0.600. The highest BCUT2D eigenvalue weighted by Crippen LogP contribution is 2.31. The fraction of sp³-hybridized carbons (Fsp3) is 0.158. The van der Waals surface area contributed by atoms with Gasteiger partial charge in [-0.25, -0.2) is 9.78 Å². The van der Waals surface area contributed by atoms with Crippen LogP contribution in [0.25, 0.3) is 10.6 Å². The molecule has 0 spiro atoms. The van der Waals surface area contributed by atoms with Crippen LogP contribution in [-0.4, -0.2) is 16.1 Å². The number of hydrogen-bond acceptors (Lipinski definition) is 4. The summed E-state index contributed by atoms with van der Waals surface area (Å²) in [7, 11) is 0. The van der Waals surface area contributed by atoms with Gasteiger partial charge in [0.05, 0.1) is 5.69 Å². The van der Waals surface area contributed by atoms with Gasteiger partial charge in [0.2, 0.25) is 0 Å². The molecule has 0 atom stereocenters. The predicted molar refractivity (Wildman–Crippen MR) is 95.1 cm³/mol. The first-order chi connectivity index (χ1) is 11.6. The molecule has 0 saturated heterocycles. The van der Waals surface area contributed by atoms with Gasteiger partial charge in [0.1, 0.15) is 21.4 Å². The Morgan fingerprint density at radius 3 is 2.50 bits per heavy atom. The van der Waals surface area contributed by atoms with E-state index < -0.39 is 5.97 Å². The van der Waals surface area contributed by atoms with E-state index in [4.69, 9.17) is 4.74 Å². The number of nitrogens with zero attached hydrogens (tertiary/aromatic N) is 1. The molecular formula is C19H17NO3S. The molecule has 0 radical (unpaired) electrons. The van der Waals surface area contributed by atoms with Gasteiger partial charge < -0.3 is 9.84 Å². The van der Waals surface area contributed by atoms with Gasteiger partial charge in [-0.3, -0.25) is 0 Å². The van der Waals surface area contributed by atoms with Gasteiger partial charge in [0, 0.05) is 5.56 Å². The summed E-state index contributed by atoms with van der Waals surface area (Å²) in [5, 5.41) is 9.95. The Morgan fingerprint density at radius 1 is 1.17 bits per heavy atom. The Balaban J connectivity index is 1.83. The van der Waals surface area contributed by atoms with E-state index in [1.54, 1.807) is 0 Å². The second kappa shape index (κ2) is 6.84. The third-order valence-electron chi connectivity index (χ3n) is 3.55. The summed E-state index contributed by atoms with van der Waals surface area (Å²) in [6, 6.07) is 15.4. The van der Waals surface area contributed by atoms with Crippen LogP contribution in [0.3, 0.4) is 0 Å². The van der Waals surface area contributed by atoms with E-state index in [9.17, 15) is 9.90 Å². The quantitative estimate of drug-likeness (QED) is 0.696. The van der Waals surface area contributed by atoms with Gasteiger partial charge in [-0.15, -0.1) is 11.3 Å². The number of rotatable bonds is 5. The molecule has 3 rings (SSSR count). The highest BCUT2D eigenvalue weighted by atomic mass is 32.1. The van der Waals surface area contributed by atoms with Gasteiger partial charge >= 0.3 is 5.97 Å². The topological polar surface area (TPSA) is 59.4 Å². The first-order valence-corrected chi connectivity index (χ1v) is 8.46. The Labute approximate surface area is 144 Å². The van der Waals surface area contributed by atoms with Crippen LogP contribution in [0.15, 0.2) is 48.5 Å². The minimum atomic E-state index is -0.921. The second-order valence-electron chi connectivity index (χ2n) is 5.40. The summed E-state index contributed by atoms with van der Waals surface area (Å²) < 4.78 is 5.83. The van der Waals surface area contributed by atoms with Crippen LogP contribution in [0.2, 0.25) is 0 Å². The summed E-state index contributed by atoms with van der Waals surface area (Å²) in [6.45, 7) is 3.92. The van der Waals surface area contributed by atoms with Gasteiger partial charge in [0.25, 0.3) is 0 Å². The number of carboxylic acid groups (broad SMARTS) is 1. The van der Waals surface area contributed by atoms with Crippen molar-refractivity contribution in [3.63, 3.8) is 0 Å². The molecule has 1 heterocycles. The molecule has 2 aromatic carbocycles. The van der Waals surface area contributed by atoms with E-state index in [-0.39, 0.29) is 0 Å². The molecule has 1 aromatic heterocycles. The van der Waals surface area contributed by atoms with Crippen LogP contribution >= 0.6 is 11.3 Å². The van der Waals surface area contributed by atoms with Crippen LogP contribution in [-0.2, 0) is 6.42 Å². The first kappa shape index (κ1) is 16.2. The highest BCUT2D eigenvalue weighted by Gasteiger charge is 2.16. The number of hydrogen-bond donors (Lipinski definition) is 1. The second-order valence-corrected chi connectivity index (χ2v) is 6.40. The number of aryl methyl sites for hydroxylation is 2. The number of carboxylic acids is 1. The molecule has 5 heteroatoms. The number of thiazole rings is 1. The van der Waals surface area contributed by atoms with Crippen molar-refractivity contribution in [3.8, 4) is 22.1 Å². The maximum absolute atomic E-state index is 11.3. The van der Waals surface area contributed by atoms with Crippen molar-refractivity contribution in [3.05, 3.63) is 64.7 Å². The molecule has 0 amide bonds. The van der Waals surface area contributed by atoms with Crippen molar-refractivity contribution in [1.29, 1.82) is 0 Å². The van der Waals surface area contributed by atoms with E-state index in [0.717, 1.165) is 22.6 Å². The van der Waals surface area contributed by atoms with E-state index >= 15 is 0 Å². The minimum absolute atomic E-state index is 0.313. The molecule has 3 aromatic rings. The minimum Gasteiger partial charge on any atom is -0.477 e. The number of benzene rings is 2. The SMILES string of the molecule is CCc1nc(-c2ccc(Oc3cccc(C)c3)cc2)sc1C(=O)O. The molecule has 0 aliphatic heterocycles. The predicted octanol–water partition coefficient (Wildman–Crippen LogP) is 5.17. The molecular weight excluding hydrogens is 322 g/mol. The van der Waals surface area contributed by atoms with E-state index in [0.29, 0.717) is 22.0 Å². The summed E-state index contributed by atoms with van der Waals surface area (Å²) in [4.78, 5) is 16.0. The van der Waals surface area contributed by atoms with Crippen molar-refractivity contribution < 1.29 is 14.6 Å². The Kier molecular flexibility index (Phi) is 4.62. The zero-order valence-corrected chi connectivity index (χ0v) is 14.3. The van der Waals surface area contributed by atoms with E-state index in [1.165, 1.54) is 11.3 Å². The fourth-order valence-corrected chi connectivity index (χ4v) is 3.36. The lowest BCUT2D eigenvalue weighted by Gasteiger charge is -2.06. The largest absolute Gasteiger partial charge is 0.477 e. The van der Waals surface area contributed by atoms with Crippen molar-refractivity contribution in [2.45, 2.75) is 20.3 Å². The molecule has 0 aliphatic rings. The van der Waals surface area contributed by atoms with Crippen LogP contribution < -0.4 is 4.74 Å². The molecule has 1 N–H and O–H groups in total. The van der Waals surface area contributed by atoms with E-state index in [1.807, 2.05) is 62.4 Å². The number of ether oxygens (including phenoxy) is 1. The van der Waals surface area contributed by atoms with Crippen LogP contribution in [0, 0.1) is 6.92 Å². The standard InChI is InChI=1S/C19H17NO3S/c1-3-16-17(19(21)22)24-18(20-16)13-7-9-14(10-8-13)23-15-6-4-5-12(2)11-15/h4-11H,3H2,1-2H3,(H,21,22). The lowest BCUT2D eigenvalue weighted by molar-refractivity contribution is 0.0701. The summed E-state index contributed by atoms with van der Waals surface area (Å²) >= 11 is 1.21. The average Bonchev–Trinajstić information content (AvgIpc) is 3.00. The summed E-state index contributed by atoms with van der Waals surface area (Å²) in [6.07, 6.45) is 0.604. The molecule has 122 valence electrons. The maximum Gasteiger partial charge on any atom is 0.347 e. The van der Waals surface area contributed by atoms with Crippen LogP contribution in [0.1, 0.15) is 27.9 Å². The first-order valence-electron chi connectivity index (χ1n) is 7.64. The lowest BCUT2D eigenvalue weighted by atomic mass is 10.2. The molecule has 0 saturated carbocycles. The van der Waals surface area contributed by atoms with Crippen molar-refractivity contribution >= 4 is 17.3 Å². The highest BCUT2D eigenvalue weighted by molar-refractivity contribution is 7.17. The molecule has 0 fully saturated rings. The smallest absolute Gasteiger partial charge is 0.347 e. The van der Waals surface area contributed by atoms with Gasteiger partial charge in [-0.1, -0.05) is 19.1 Å². The molecule has 0 bridgehead atoms. The van der Waals surface area contributed by atoms with Crippen molar-refractivity contribution in [2.24, 2.45) is 0 Å². The van der Waals surface area contributed by atoms with Crippen LogP contribution in [0.5, 0.6) is 11.5 Å². The van der Waals surface area contributed by atoms with Gasteiger partial charge in [-0.05, 0) is 55.3 Å². The number of aromatic nitrogens is 1. The molecule has 0 aliphatic carbocycles. The number of aromatic carboxylic acids is 1. The summed E-state index contributed by atoms with van der Waals surface area (Å²) in [5.41, 5.74) is 2.65. The Hall–Kier alpha value is -2.66. The van der Waals surface area contributed by atoms with Crippen LogP contribution in [0.4, 0.5) is 0 Å². The Bertz CT molecular complexity index is 869. The normalized spacial score (nSPS) is 10.6.